The van der Waals surface area contributed by atoms with E-state index in [4.69, 9.17) is 11.6 Å². The highest BCUT2D eigenvalue weighted by Crippen LogP contribution is 2.27. The Balaban J connectivity index is 2.61. The molecule has 0 aliphatic heterocycles. The summed E-state index contributed by atoms with van der Waals surface area (Å²) in [5.74, 6) is 0. The van der Waals surface area contributed by atoms with Gasteiger partial charge in [0.25, 0.3) is 0 Å². The summed E-state index contributed by atoms with van der Waals surface area (Å²) in [7, 11) is 0. The van der Waals surface area contributed by atoms with Gasteiger partial charge in [-0.2, -0.15) is 0 Å². The molecule has 15 heavy (non-hydrogen) atoms. The maximum Gasteiger partial charge on any atom is 0.145 e. The average molecular weight is 282 g/mol. The van der Waals surface area contributed by atoms with Crippen LogP contribution in [-0.2, 0) is 0 Å². The lowest BCUT2D eigenvalue weighted by Gasteiger charge is -2.02. The number of nitrogens with zero attached hydrogens (tertiary/aromatic N) is 2. The SMILES string of the molecule is Clc1cccc2c1ccn1c(Br)cnc21. The maximum atomic E-state index is 6.12. The molecule has 3 aromatic rings. The van der Waals surface area contributed by atoms with Crippen molar-refractivity contribution in [3.63, 3.8) is 0 Å². The van der Waals surface area contributed by atoms with E-state index in [1.54, 1.807) is 6.20 Å². The smallest absolute Gasteiger partial charge is 0.145 e. The highest BCUT2D eigenvalue weighted by atomic mass is 79.9. The van der Waals surface area contributed by atoms with E-state index in [0.29, 0.717) is 0 Å². The lowest BCUT2D eigenvalue weighted by Crippen LogP contribution is -1.86. The summed E-state index contributed by atoms with van der Waals surface area (Å²) < 4.78 is 2.93. The molecule has 0 aliphatic carbocycles. The van der Waals surface area contributed by atoms with Crippen molar-refractivity contribution in [1.82, 2.24) is 9.38 Å². The monoisotopic (exact) mass is 280 g/mol. The van der Waals surface area contributed by atoms with E-state index in [1.807, 2.05) is 34.9 Å². The molecule has 0 unspecified atom stereocenters. The van der Waals surface area contributed by atoms with E-state index in [-0.39, 0.29) is 0 Å². The molecule has 2 aromatic heterocycles. The second kappa shape index (κ2) is 3.22. The van der Waals surface area contributed by atoms with Crippen LogP contribution >= 0.6 is 27.5 Å². The predicted molar refractivity (Wildman–Crippen MR) is 65.4 cm³/mol. The molecule has 3 rings (SSSR count). The van der Waals surface area contributed by atoms with Gasteiger partial charge < -0.3 is 0 Å². The number of halogens is 2. The van der Waals surface area contributed by atoms with Gasteiger partial charge in [0.2, 0.25) is 0 Å². The first-order valence-electron chi connectivity index (χ1n) is 4.47. The molecule has 0 atom stereocenters. The fourth-order valence-corrected chi connectivity index (χ4v) is 2.36. The van der Waals surface area contributed by atoms with Crippen LogP contribution in [0.1, 0.15) is 0 Å². The second-order valence-corrected chi connectivity index (χ2v) is 4.51. The van der Waals surface area contributed by atoms with Gasteiger partial charge >= 0.3 is 0 Å². The van der Waals surface area contributed by atoms with Crippen LogP contribution in [0.15, 0.2) is 41.3 Å². The molecule has 0 aliphatic rings. The van der Waals surface area contributed by atoms with Crippen molar-refractivity contribution in [3.05, 3.63) is 46.3 Å². The van der Waals surface area contributed by atoms with E-state index in [9.17, 15) is 0 Å². The Morgan fingerprint density at radius 3 is 2.93 bits per heavy atom. The van der Waals surface area contributed by atoms with Gasteiger partial charge in [-0.25, -0.2) is 4.98 Å². The van der Waals surface area contributed by atoms with E-state index in [1.165, 1.54) is 0 Å². The van der Waals surface area contributed by atoms with Crippen molar-refractivity contribution in [2.75, 3.05) is 0 Å². The zero-order valence-electron chi connectivity index (χ0n) is 7.61. The van der Waals surface area contributed by atoms with Gasteiger partial charge in [-0.15, -0.1) is 0 Å². The number of benzene rings is 1. The molecule has 0 N–H and O–H groups in total. The molecular formula is C11H6BrClN2. The van der Waals surface area contributed by atoms with Crippen LogP contribution < -0.4 is 0 Å². The van der Waals surface area contributed by atoms with E-state index in [2.05, 4.69) is 20.9 Å². The van der Waals surface area contributed by atoms with Crippen molar-refractivity contribution < 1.29 is 0 Å². The number of aromatic nitrogens is 2. The Bertz CT molecular complexity index is 660. The van der Waals surface area contributed by atoms with E-state index < -0.39 is 0 Å². The van der Waals surface area contributed by atoms with Crippen molar-refractivity contribution >= 4 is 44.0 Å². The summed E-state index contributed by atoms with van der Waals surface area (Å²) in [5.41, 5.74) is 0.918. The van der Waals surface area contributed by atoms with Gasteiger partial charge in [-0.05, 0) is 28.1 Å². The van der Waals surface area contributed by atoms with Gasteiger partial charge in [-0.3, -0.25) is 4.40 Å². The minimum atomic E-state index is 0.758. The maximum absolute atomic E-state index is 6.12. The Morgan fingerprint density at radius 2 is 2.07 bits per heavy atom. The lowest BCUT2D eigenvalue weighted by atomic mass is 10.2. The van der Waals surface area contributed by atoms with Crippen molar-refractivity contribution in [3.8, 4) is 0 Å². The van der Waals surface area contributed by atoms with Gasteiger partial charge in [-0.1, -0.05) is 23.7 Å². The van der Waals surface area contributed by atoms with Gasteiger partial charge in [0.05, 0.1) is 6.20 Å². The number of hydrogen-bond donors (Lipinski definition) is 0. The highest BCUT2D eigenvalue weighted by molar-refractivity contribution is 9.10. The molecule has 0 fully saturated rings. The molecule has 0 radical (unpaired) electrons. The van der Waals surface area contributed by atoms with E-state index >= 15 is 0 Å². The summed E-state index contributed by atoms with van der Waals surface area (Å²) in [6, 6.07) is 7.85. The first kappa shape index (κ1) is 9.19. The summed E-state index contributed by atoms with van der Waals surface area (Å²) in [6.45, 7) is 0. The van der Waals surface area contributed by atoms with Gasteiger partial charge in [0.15, 0.2) is 0 Å². The van der Waals surface area contributed by atoms with Crippen LogP contribution in [0, 0.1) is 0 Å². The van der Waals surface area contributed by atoms with Crippen LogP contribution in [0.5, 0.6) is 0 Å². The van der Waals surface area contributed by atoms with Crippen LogP contribution in [-0.4, -0.2) is 9.38 Å². The fourth-order valence-electron chi connectivity index (χ4n) is 1.73. The van der Waals surface area contributed by atoms with Crippen LogP contribution in [0.25, 0.3) is 16.4 Å². The third-order valence-electron chi connectivity index (χ3n) is 2.44. The topological polar surface area (TPSA) is 17.3 Å². The minimum absolute atomic E-state index is 0.758. The summed E-state index contributed by atoms with van der Waals surface area (Å²) >= 11 is 9.55. The standard InChI is InChI=1S/C11H6BrClN2/c12-10-6-14-11-8-2-1-3-9(13)7(8)4-5-15(10)11/h1-6H. The first-order chi connectivity index (χ1) is 7.27. The molecule has 0 amide bonds. The predicted octanol–water partition coefficient (Wildman–Crippen LogP) is 3.90. The lowest BCUT2D eigenvalue weighted by molar-refractivity contribution is 1.17. The molecule has 74 valence electrons. The third-order valence-corrected chi connectivity index (χ3v) is 3.35. The van der Waals surface area contributed by atoms with Crippen molar-refractivity contribution in [2.24, 2.45) is 0 Å². The number of pyridine rings is 1. The number of rotatable bonds is 0. The molecule has 1 aromatic carbocycles. The number of fused-ring (bicyclic) bond motifs is 3. The Hall–Kier alpha value is -1.06. The fraction of sp³-hybridized carbons (Fsp3) is 0. The summed E-state index contributed by atoms with van der Waals surface area (Å²) in [6.07, 6.45) is 3.75. The average Bonchev–Trinajstić information content (AvgIpc) is 2.61. The molecule has 0 spiro atoms. The van der Waals surface area contributed by atoms with Gasteiger partial charge in [0, 0.05) is 22.0 Å². The largest absolute Gasteiger partial charge is 0.294 e. The quantitative estimate of drug-likeness (QED) is 0.611. The van der Waals surface area contributed by atoms with Crippen molar-refractivity contribution in [2.45, 2.75) is 0 Å². The Labute approximate surface area is 99.6 Å². The van der Waals surface area contributed by atoms with Gasteiger partial charge in [0.1, 0.15) is 10.3 Å². The Morgan fingerprint density at radius 1 is 1.20 bits per heavy atom. The first-order valence-corrected chi connectivity index (χ1v) is 5.64. The molecule has 4 heteroatoms. The van der Waals surface area contributed by atoms with Crippen LogP contribution in [0.3, 0.4) is 0 Å². The summed E-state index contributed by atoms with van der Waals surface area (Å²) in [5, 5.41) is 2.86. The van der Waals surface area contributed by atoms with Crippen molar-refractivity contribution in [1.29, 1.82) is 0 Å². The second-order valence-electron chi connectivity index (χ2n) is 3.29. The molecular weight excluding hydrogens is 275 g/mol. The molecule has 0 saturated heterocycles. The summed E-state index contributed by atoms with van der Waals surface area (Å²) in [4.78, 5) is 4.34. The van der Waals surface area contributed by atoms with Crippen LogP contribution in [0.4, 0.5) is 0 Å². The Kier molecular flexibility index (Phi) is 1.97. The number of hydrogen-bond acceptors (Lipinski definition) is 1. The molecule has 0 saturated carbocycles. The zero-order chi connectivity index (χ0) is 10.4. The minimum Gasteiger partial charge on any atom is -0.294 e. The van der Waals surface area contributed by atoms with E-state index in [0.717, 1.165) is 26.0 Å². The van der Waals surface area contributed by atoms with Crippen LogP contribution in [0.2, 0.25) is 5.02 Å². The molecule has 2 nitrogen and oxygen atoms in total. The third kappa shape index (κ3) is 1.27. The molecule has 2 heterocycles. The number of imidazole rings is 1. The zero-order valence-corrected chi connectivity index (χ0v) is 9.96. The highest BCUT2D eigenvalue weighted by Gasteiger charge is 2.06. The molecule has 0 bridgehead atoms. The normalized spacial score (nSPS) is 11.3.